The van der Waals surface area contributed by atoms with Gasteiger partial charge in [-0.05, 0) is 42.5 Å². The number of rotatable bonds is 8. The van der Waals surface area contributed by atoms with E-state index in [1.54, 1.807) is 36.0 Å². The molecule has 0 unspecified atom stereocenters. The zero-order valence-electron chi connectivity index (χ0n) is 12.1. The third kappa shape index (κ3) is 6.41. The lowest BCUT2D eigenvalue weighted by atomic mass is 10.3. The Hall–Kier alpha value is -1.65. The van der Waals surface area contributed by atoms with E-state index in [4.69, 9.17) is 16.3 Å². The quantitative estimate of drug-likeness (QED) is 0.585. The summed E-state index contributed by atoms with van der Waals surface area (Å²) < 4.78 is 5.37. The minimum Gasteiger partial charge on any atom is -0.484 e. The first-order valence-corrected chi connectivity index (χ1v) is 8.43. The molecule has 0 heterocycles. The van der Waals surface area contributed by atoms with Crippen molar-refractivity contribution in [2.45, 2.75) is 11.3 Å². The SMILES string of the molecule is O=C(COc1cccc(Cl)c1)NCCCSc1ccccc1. The summed E-state index contributed by atoms with van der Waals surface area (Å²) in [7, 11) is 0. The molecule has 0 aliphatic carbocycles. The minimum atomic E-state index is -0.121. The third-order valence-corrected chi connectivity index (χ3v) is 4.15. The monoisotopic (exact) mass is 335 g/mol. The lowest BCUT2D eigenvalue weighted by Crippen LogP contribution is -2.29. The zero-order chi connectivity index (χ0) is 15.6. The summed E-state index contributed by atoms with van der Waals surface area (Å²) >= 11 is 7.63. The summed E-state index contributed by atoms with van der Waals surface area (Å²) in [6, 6.07) is 17.2. The van der Waals surface area contributed by atoms with Gasteiger partial charge in [0.25, 0.3) is 5.91 Å². The Morgan fingerprint density at radius 3 is 2.73 bits per heavy atom. The highest BCUT2D eigenvalue weighted by atomic mass is 35.5. The molecule has 0 bridgehead atoms. The van der Waals surface area contributed by atoms with Gasteiger partial charge < -0.3 is 10.1 Å². The molecule has 0 aliphatic rings. The number of carbonyl (C=O) groups is 1. The number of halogens is 1. The van der Waals surface area contributed by atoms with Crippen molar-refractivity contribution in [1.82, 2.24) is 5.32 Å². The molecular formula is C17H18ClNO2S. The van der Waals surface area contributed by atoms with Crippen LogP contribution < -0.4 is 10.1 Å². The lowest BCUT2D eigenvalue weighted by Gasteiger charge is -2.07. The van der Waals surface area contributed by atoms with E-state index in [-0.39, 0.29) is 12.5 Å². The maximum Gasteiger partial charge on any atom is 0.257 e. The average Bonchev–Trinajstić information content (AvgIpc) is 2.54. The van der Waals surface area contributed by atoms with Crippen LogP contribution in [0, 0.1) is 0 Å². The van der Waals surface area contributed by atoms with Crippen molar-refractivity contribution in [3.8, 4) is 5.75 Å². The van der Waals surface area contributed by atoms with Crippen LogP contribution in [0.5, 0.6) is 5.75 Å². The first kappa shape index (κ1) is 16.7. The van der Waals surface area contributed by atoms with Gasteiger partial charge in [0.05, 0.1) is 0 Å². The van der Waals surface area contributed by atoms with E-state index in [9.17, 15) is 4.79 Å². The van der Waals surface area contributed by atoms with Crippen LogP contribution >= 0.6 is 23.4 Å². The predicted molar refractivity (Wildman–Crippen MR) is 91.7 cm³/mol. The summed E-state index contributed by atoms with van der Waals surface area (Å²) in [6.45, 7) is 0.656. The molecule has 116 valence electrons. The number of nitrogens with one attached hydrogen (secondary N) is 1. The minimum absolute atomic E-state index is 0.00612. The summed E-state index contributed by atoms with van der Waals surface area (Å²) in [4.78, 5) is 12.9. The van der Waals surface area contributed by atoms with Crippen molar-refractivity contribution in [3.63, 3.8) is 0 Å². The highest BCUT2D eigenvalue weighted by molar-refractivity contribution is 7.99. The van der Waals surface area contributed by atoms with Crippen molar-refractivity contribution >= 4 is 29.3 Å². The van der Waals surface area contributed by atoms with Crippen LogP contribution in [0.15, 0.2) is 59.5 Å². The molecule has 1 N–H and O–H groups in total. The Labute approximate surface area is 140 Å². The molecule has 3 nitrogen and oxygen atoms in total. The fraction of sp³-hybridized carbons (Fsp3) is 0.235. The van der Waals surface area contributed by atoms with Gasteiger partial charge in [-0.1, -0.05) is 35.9 Å². The van der Waals surface area contributed by atoms with Gasteiger partial charge in [0.15, 0.2) is 6.61 Å². The molecule has 0 saturated carbocycles. The normalized spacial score (nSPS) is 10.2. The molecule has 0 radical (unpaired) electrons. The molecule has 0 aromatic heterocycles. The van der Waals surface area contributed by atoms with Crippen LogP contribution in [0.4, 0.5) is 0 Å². The second kappa shape index (κ2) is 9.38. The number of benzene rings is 2. The Morgan fingerprint density at radius 2 is 1.95 bits per heavy atom. The number of thioether (sulfide) groups is 1. The molecule has 0 saturated heterocycles. The first-order valence-electron chi connectivity index (χ1n) is 7.07. The molecule has 22 heavy (non-hydrogen) atoms. The molecule has 0 fully saturated rings. The summed E-state index contributed by atoms with van der Waals surface area (Å²) in [5.74, 6) is 1.45. The van der Waals surface area contributed by atoms with Gasteiger partial charge in [-0.3, -0.25) is 4.79 Å². The second-order valence-corrected chi connectivity index (χ2v) is 6.22. The van der Waals surface area contributed by atoms with Crippen molar-refractivity contribution in [2.75, 3.05) is 18.9 Å². The van der Waals surface area contributed by atoms with E-state index in [2.05, 4.69) is 17.4 Å². The van der Waals surface area contributed by atoms with Crippen molar-refractivity contribution in [2.24, 2.45) is 0 Å². The predicted octanol–water partition coefficient (Wildman–Crippen LogP) is 4.02. The number of ether oxygens (including phenoxy) is 1. The Bertz CT molecular complexity index is 592. The Morgan fingerprint density at radius 1 is 1.14 bits per heavy atom. The van der Waals surface area contributed by atoms with Crippen molar-refractivity contribution in [3.05, 3.63) is 59.6 Å². The average molecular weight is 336 g/mol. The maximum atomic E-state index is 11.7. The van der Waals surface area contributed by atoms with Crippen molar-refractivity contribution < 1.29 is 9.53 Å². The number of carbonyl (C=O) groups excluding carboxylic acids is 1. The van der Waals surface area contributed by atoms with E-state index >= 15 is 0 Å². The van der Waals surface area contributed by atoms with Crippen LogP contribution in [0.25, 0.3) is 0 Å². The van der Waals surface area contributed by atoms with Crippen LogP contribution in [-0.4, -0.2) is 24.8 Å². The lowest BCUT2D eigenvalue weighted by molar-refractivity contribution is -0.123. The molecule has 5 heteroatoms. The molecule has 2 rings (SSSR count). The number of amides is 1. The number of hydrogen-bond acceptors (Lipinski definition) is 3. The standard InChI is InChI=1S/C17H18ClNO2S/c18-14-6-4-7-15(12-14)21-13-17(20)19-10-5-11-22-16-8-2-1-3-9-16/h1-4,6-9,12H,5,10-11,13H2,(H,19,20). The van der Waals surface area contributed by atoms with Gasteiger partial charge in [-0.25, -0.2) is 0 Å². The fourth-order valence-corrected chi connectivity index (χ4v) is 2.82. The van der Waals surface area contributed by atoms with Gasteiger partial charge in [-0.15, -0.1) is 11.8 Å². The van der Waals surface area contributed by atoms with E-state index < -0.39 is 0 Å². The molecule has 0 aliphatic heterocycles. The van der Waals surface area contributed by atoms with Gasteiger partial charge in [0.2, 0.25) is 0 Å². The van der Waals surface area contributed by atoms with Crippen LogP contribution in [0.2, 0.25) is 5.02 Å². The van der Waals surface area contributed by atoms with E-state index in [1.807, 2.05) is 18.2 Å². The topological polar surface area (TPSA) is 38.3 Å². The summed E-state index contributed by atoms with van der Waals surface area (Å²) in [6.07, 6.45) is 0.919. The Kier molecular flexibility index (Phi) is 7.13. The second-order valence-electron chi connectivity index (χ2n) is 4.61. The van der Waals surface area contributed by atoms with Crippen LogP contribution in [0.1, 0.15) is 6.42 Å². The van der Waals surface area contributed by atoms with Gasteiger partial charge in [0, 0.05) is 16.5 Å². The van der Waals surface area contributed by atoms with Gasteiger partial charge in [-0.2, -0.15) is 0 Å². The van der Waals surface area contributed by atoms with E-state index in [0.29, 0.717) is 17.3 Å². The summed E-state index contributed by atoms with van der Waals surface area (Å²) in [5, 5.41) is 3.44. The molecule has 0 atom stereocenters. The maximum absolute atomic E-state index is 11.7. The van der Waals surface area contributed by atoms with E-state index in [1.165, 1.54) is 4.90 Å². The molecular weight excluding hydrogens is 318 g/mol. The van der Waals surface area contributed by atoms with Crippen LogP contribution in [0.3, 0.4) is 0 Å². The smallest absolute Gasteiger partial charge is 0.257 e. The molecule has 0 spiro atoms. The van der Waals surface area contributed by atoms with Gasteiger partial charge >= 0.3 is 0 Å². The van der Waals surface area contributed by atoms with E-state index in [0.717, 1.165) is 12.2 Å². The fourth-order valence-electron chi connectivity index (χ4n) is 1.76. The third-order valence-electron chi connectivity index (χ3n) is 2.82. The summed E-state index contributed by atoms with van der Waals surface area (Å²) in [5.41, 5.74) is 0. The first-order chi connectivity index (χ1) is 10.7. The highest BCUT2D eigenvalue weighted by Gasteiger charge is 2.02. The van der Waals surface area contributed by atoms with Gasteiger partial charge in [0.1, 0.15) is 5.75 Å². The molecule has 1 amide bonds. The number of hydrogen-bond donors (Lipinski definition) is 1. The molecule has 2 aromatic carbocycles. The van der Waals surface area contributed by atoms with Crippen LogP contribution in [-0.2, 0) is 4.79 Å². The highest BCUT2D eigenvalue weighted by Crippen LogP contribution is 2.18. The van der Waals surface area contributed by atoms with Crippen molar-refractivity contribution in [1.29, 1.82) is 0 Å². The Balaban J connectivity index is 1.56. The zero-order valence-corrected chi connectivity index (χ0v) is 13.7. The molecule has 2 aromatic rings. The largest absolute Gasteiger partial charge is 0.484 e.